The van der Waals surface area contributed by atoms with E-state index in [4.69, 9.17) is 4.74 Å². The third-order valence-corrected chi connectivity index (χ3v) is 5.42. The first-order chi connectivity index (χ1) is 14.9. The molecule has 0 fully saturated rings. The largest absolute Gasteiger partial charge is 0.497 e. The highest BCUT2D eigenvalue weighted by molar-refractivity contribution is 7.99. The molecular weight excluding hydrogens is 421 g/mol. The normalized spacial score (nSPS) is 11.6. The van der Waals surface area contributed by atoms with Gasteiger partial charge >= 0.3 is 0 Å². The number of nitrogens with zero attached hydrogens (tertiary/aromatic N) is 3. The van der Waals surface area contributed by atoms with Crippen molar-refractivity contribution in [3.8, 4) is 5.75 Å². The molecule has 0 saturated carbocycles. The molecule has 2 N–H and O–H groups in total. The molecule has 1 atom stereocenters. The van der Waals surface area contributed by atoms with Crippen LogP contribution in [-0.2, 0) is 11.8 Å². The van der Waals surface area contributed by atoms with Gasteiger partial charge in [-0.1, -0.05) is 17.8 Å². The van der Waals surface area contributed by atoms with E-state index in [9.17, 15) is 14.0 Å². The predicted molar refractivity (Wildman–Crippen MR) is 116 cm³/mol. The van der Waals surface area contributed by atoms with Gasteiger partial charge in [0.05, 0.1) is 18.9 Å². The zero-order valence-electron chi connectivity index (χ0n) is 17.3. The minimum atomic E-state index is -0.435. The first kappa shape index (κ1) is 22.3. The number of rotatable bonds is 8. The number of hydrogen-bond donors (Lipinski definition) is 2. The molecule has 0 radical (unpaired) electrons. The molecule has 0 aliphatic heterocycles. The standard InChI is InChI=1S/C21H22FN5O3S/c1-13(23-20(29)14-7-9-15(22)10-8-14)19-25-26-21(27(19)2)31-12-18(28)24-16-5-4-6-17(11-16)30-3/h4-11,13H,12H2,1-3H3,(H,23,29)(H,24,28)/t13-/m1/s1. The average molecular weight is 444 g/mol. The molecule has 1 aromatic heterocycles. The number of ether oxygens (including phenoxy) is 1. The highest BCUT2D eigenvalue weighted by Gasteiger charge is 2.19. The van der Waals surface area contributed by atoms with Crippen molar-refractivity contribution in [1.29, 1.82) is 0 Å². The molecule has 8 nitrogen and oxygen atoms in total. The fourth-order valence-corrected chi connectivity index (χ4v) is 3.52. The second kappa shape index (κ2) is 10.1. The Bertz CT molecular complexity index is 1070. The quantitative estimate of drug-likeness (QED) is 0.519. The summed E-state index contributed by atoms with van der Waals surface area (Å²) in [5.41, 5.74) is 0.986. The molecule has 162 valence electrons. The van der Waals surface area contributed by atoms with Crippen LogP contribution in [-0.4, -0.2) is 39.4 Å². The number of carbonyl (C=O) groups is 2. The minimum absolute atomic E-state index is 0.138. The molecule has 31 heavy (non-hydrogen) atoms. The maximum atomic E-state index is 13.0. The van der Waals surface area contributed by atoms with Gasteiger partial charge in [0.25, 0.3) is 5.91 Å². The molecule has 10 heteroatoms. The van der Waals surface area contributed by atoms with Gasteiger partial charge in [0.1, 0.15) is 11.6 Å². The summed E-state index contributed by atoms with van der Waals surface area (Å²) in [5, 5.41) is 14.4. The van der Waals surface area contributed by atoms with Crippen LogP contribution in [0.4, 0.5) is 10.1 Å². The van der Waals surface area contributed by atoms with E-state index in [0.717, 1.165) is 0 Å². The zero-order valence-corrected chi connectivity index (χ0v) is 18.1. The number of hydrogen-bond acceptors (Lipinski definition) is 6. The first-order valence-electron chi connectivity index (χ1n) is 9.40. The van der Waals surface area contributed by atoms with Gasteiger partial charge in [-0.25, -0.2) is 4.39 Å². The van der Waals surface area contributed by atoms with Crippen LogP contribution in [0.2, 0.25) is 0 Å². The van der Waals surface area contributed by atoms with E-state index in [-0.39, 0.29) is 17.6 Å². The molecule has 0 bridgehead atoms. The third-order valence-electron chi connectivity index (χ3n) is 4.40. The van der Waals surface area contributed by atoms with Crippen molar-refractivity contribution in [2.45, 2.75) is 18.1 Å². The van der Waals surface area contributed by atoms with E-state index in [0.29, 0.717) is 28.0 Å². The number of anilines is 1. The second-order valence-electron chi connectivity index (χ2n) is 6.67. The Morgan fingerprint density at radius 3 is 2.65 bits per heavy atom. The minimum Gasteiger partial charge on any atom is -0.497 e. The highest BCUT2D eigenvalue weighted by Crippen LogP contribution is 2.21. The highest BCUT2D eigenvalue weighted by atomic mass is 32.2. The van der Waals surface area contributed by atoms with Gasteiger partial charge in [-0.05, 0) is 43.3 Å². The Morgan fingerprint density at radius 1 is 1.19 bits per heavy atom. The smallest absolute Gasteiger partial charge is 0.251 e. The van der Waals surface area contributed by atoms with Gasteiger partial charge < -0.3 is 19.9 Å². The number of thioether (sulfide) groups is 1. The van der Waals surface area contributed by atoms with Crippen LogP contribution in [0.5, 0.6) is 5.75 Å². The summed E-state index contributed by atoms with van der Waals surface area (Å²) >= 11 is 1.23. The second-order valence-corrected chi connectivity index (χ2v) is 7.61. The summed E-state index contributed by atoms with van der Waals surface area (Å²) in [6, 6.07) is 11.9. The molecular formula is C21H22FN5O3S. The molecule has 2 amide bonds. The number of methoxy groups -OCH3 is 1. The van der Waals surface area contributed by atoms with Crippen LogP contribution >= 0.6 is 11.8 Å². The van der Waals surface area contributed by atoms with Gasteiger partial charge in [0.2, 0.25) is 5.91 Å². The van der Waals surface area contributed by atoms with Crippen LogP contribution in [0.1, 0.15) is 29.1 Å². The van der Waals surface area contributed by atoms with Gasteiger partial charge in [0.15, 0.2) is 11.0 Å². The monoisotopic (exact) mass is 443 g/mol. The van der Waals surface area contributed by atoms with Gasteiger partial charge in [-0.3, -0.25) is 9.59 Å². The van der Waals surface area contributed by atoms with Gasteiger partial charge in [-0.2, -0.15) is 0 Å². The third kappa shape index (κ3) is 5.82. The molecule has 0 unspecified atom stereocenters. The Morgan fingerprint density at radius 2 is 1.94 bits per heavy atom. The lowest BCUT2D eigenvalue weighted by atomic mass is 10.2. The fourth-order valence-electron chi connectivity index (χ4n) is 2.80. The number of nitrogens with one attached hydrogen (secondary N) is 2. The lowest BCUT2D eigenvalue weighted by Crippen LogP contribution is -2.28. The van der Waals surface area contributed by atoms with E-state index >= 15 is 0 Å². The molecule has 0 aliphatic rings. The molecule has 3 aromatic rings. The molecule has 2 aromatic carbocycles. The van der Waals surface area contributed by atoms with E-state index in [1.165, 1.54) is 36.0 Å². The molecule has 1 heterocycles. The average Bonchev–Trinajstić information content (AvgIpc) is 3.13. The summed E-state index contributed by atoms with van der Waals surface area (Å²) in [7, 11) is 3.32. The van der Waals surface area contributed by atoms with Crippen LogP contribution < -0.4 is 15.4 Å². The summed E-state index contributed by atoms with van der Waals surface area (Å²) in [6.45, 7) is 1.77. The van der Waals surface area contributed by atoms with Crippen molar-refractivity contribution in [3.63, 3.8) is 0 Å². The van der Waals surface area contributed by atoms with Gasteiger partial charge in [-0.15, -0.1) is 10.2 Å². The number of halogens is 1. The lowest BCUT2D eigenvalue weighted by Gasteiger charge is -2.13. The Hall–Kier alpha value is -3.40. The predicted octanol–water partition coefficient (Wildman–Crippen LogP) is 3.18. The van der Waals surface area contributed by atoms with E-state index in [1.807, 2.05) is 0 Å². The van der Waals surface area contributed by atoms with Crippen molar-refractivity contribution in [1.82, 2.24) is 20.1 Å². The van der Waals surface area contributed by atoms with Crippen molar-refractivity contribution >= 4 is 29.3 Å². The zero-order chi connectivity index (χ0) is 22.4. The first-order valence-corrected chi connectivity index (χ1v) is 10.4. The Labute approximate surface area is 183 Å². The molecule has 0 saturated heterocycles. The van der Waals surface area contributed by atoms with Crippen LogP contribution in [0.15, 0.2) is 53.7 Å². The summed E-state index contributed by atoms with van der Waals surface area (Å²) in [5.74, 6) is 0.378. The number of aromatic nitrogens is 3. The molecule has 0 spiro atoms. The SMILES string of the molecule is COc1cccc(NC(=O)CSc2nnc([C@@H](C)NC(=O)c3ccc(F)cc3)n2C)c1. The Kier molecular flexibility index (Phi) is 7.24. The van der Waals surface area contributed by atoms with Crippen LogP contribution in [0.3, 0.4) is 0 Å². The van der Waals surface area contributed by atoms with E-state index < -0.39 is 11.9 Å². The van der Waals surface area contributed by atoms with E-state index in [2.05, 4.69) is 20.8 Å². The topological polar surface area (TPSA) is 98.1 Å². The molecule has 3 rings (SSSR count). The van der Waals surface area contributed by atoms with Crippen molar-refractivity contribution in [2.75, 3.05) is 18.2 Å². The van der Waals surface area contributed by atoms with Crippen molar-refractivity contribution in [2.24, 2.45) is 7.05 Å². The maximum absolute atomic E-state index is 13.0. The fraction of sp³-hybridized carbons (Fsp3) is 0.238. The lowest BCUT2D eigenvalue weighted by molar-refractivity contribution is -0.113. The van der Waals surface area contributed by atoms with E-state index in [1.54, 1.807) is 49.9 Å². The number of amides is 2. The van der Waals surface area contributed by atoms with Crippen LogP contribution in [0, 0.1) is 5.82 Å². The van der Waals surface area contributed by atoms with Crippen molar-refractivity contribution in [3.05, 3.63) is 65.7 Å². The number of benzene rings is 2. The van der Waals surface area contributed by atoms with Crippen molar-refractivity contribution < 1.29 is 18.7 Å². The maximum Gasteiger partial charge on any atom is 0.251 e. The Balaban J connectivity index is 1.57. The number of carbonyl (C=O) groups excluding carboxylic acids is 2. The summed E-state index contributed by atoms with van der Waals surface area (Å²) in [6.07, 6.45) is 0. The van der Waals surface area contributed by atoms with Crippen LogP contribution in [0.25, 0.3) is 0 Å². The molecule has 0 aliphatic carbocycles. The summed E-state index contributed by atoms with van der Waals surface area (Å²) < 4.78 is 19.9. The van der Waals surface area contributed by atoms with Gasteiger partial charge in [0, 0.05) is 24.4 Å². The summed E-state index contributed by atoms with van der Waals surface area (Å²) in [4.78, 5) is 24.6.